The van der Waals surface area contributed by atoms with E-state index in [1.165, 1.54) is 11.1 Å². The molecule has 4 heteroatoms. The number of rotatable bonds is 1. The van der Waals surface area contributed by atoms with Crippen molar-refractivity contribution >= 4 is 16.7 Å². The van der Waals surface area contributed by atoms with E-state index in [0.29, 0.717) is 0 Å². The average Bonchev–Trinajstić information content (AvgIpc) is 3.16. The van der Waals surface area contributed by atoms with Crippen molar-refractivity contribution in [2.75, 3.05) is 0 Å². The van der Waals surface area contributed by atoms with Crippen LogP contribution in [0.15, 0.2) is 77.9 Å². The molecule has 108 valence electrons. The summed E-state index contributed by atoms with van der Waals surface area (Å²) in [7, 11) is 0. The van der Waals surface area contributed by atoms with Gasteiger partial charge in [0.2, 0.25) is 0 Å². The van der Waals surface area contributed by atoms with Crippen molar-refractivity contribution in [1.29, 1.82) is 0 Å². The minimum Gasteiger partial charge on any atom is -0.148 e. The van der Waals surface area contributed by atoms with E-state index in [2.05, 4.69) is 46.7 Å². The predicted molar refractivity (Wildman–Crippen MR) is 90.4 cm³/mol. The second kappa shape index (κ2) is 4.61. The van der Waals surface area contributed by atoms with Crippen molar-refractivity contribution in [3.05, 3.63) is 83.9 Å². The molecule has 0 unspecified atom stereocenters. The summed E-state index contributed by atoms with van der Waals surface area (Å²) >= 11 is 0. The van der Waals surface area contributed by atoms with Gasteiger partial charge in [0.25, 0.3) is 0 Å². The van der Waals surface area contributed by atoms with E-state index in [-0.39, 0.29) is 0 Å². The molecule has 0 amide bonds. The summed E-state index contributed by atoms with van der Waals surface area (Å²) in [5, 5.41) is 13.2. The molecule has 1 heterocycles. The first-order valence-corrected chi connectivity index (χ1v) is 7.50. The molecule has 1 aromatic heterocycles. The lowest BCUT2D eigenvalue weighted by molar-refractivity contribution is 0.715. The molecular weight excluding hydrogens is 284 g/mol. The van der Waals surface area contributed by atoms with E-state index in [0.717, 1.165) is 27.9 Å². The Morgan fingerprint density at radius 3 is 1.91 bits per heavy atom. The molecule has 0 aliphatic heterocycles. The normalized spacial score (nSPS) is 12.3. The van der Waals surface area contributed by atoms with E-state index in [9.17, 15) is 0 Å². The van der Waals surface area contributed by atoms with E-state index >= 15 is 0 Å². The van der Waals surface area contributed by atoms with Crippen LogP contribution in [-0.2, 0) is 0 Å². The van der Waals surface area contributed by atoms with Crippen LogP contribution >= 0.6 is 0 Å². The van der Waals surface area contributed by atoms with E-state index < -0.39 is 0 Å². The summed E-state index contributed by atoms with van der Waals surface area (Å²) in [5.74, 6) is 0. The number of para-hydroxylation sites is 1. The highest BCUT2D eigenvalue weighted by atomic mass is 15.6. The van der Waals surface area contributed by atoms with Gasteiger partial charge in [-0.2, -0.15) is 0 Å². The molecule has 3 aromatic carbocycles. The van der Waals surface area contributed by atoms with Gasteiger partial charge in [-0.1, -0.05) is 60.7 Å². The van der Waals surface area contributed by atoms with E-state index in [1.54, 1.807) is 4.79 Å². The molecule has 0 spiro atoms. The van der Waals surface area contributed by atoms with Crippen LogP contribution in [0, 0.1) is 0 Å². The first kappa shape index (κ1) is 12.3. The molecular formula is C19H12N4. The lowest BCUT2D eigenvalue weighted by Crippen LogP contribution is -2.03. The summed E-state index contributed by atoms with van der Waals surface area (Å²) in [6.07, 6.45) is 0. The van der Waals surface area contributed by atoms with Crippen molar-refractivity contribution in [3.8, 4) is 11.1 Å². The smallest absolute Gasteiger partial charge is 0.115 e. The quantitative estimate of drug-likeness (QED) is 0.473. The van der Waals surface area contributed by atoms with Crippen LogP contribution in [-0.4, -0.2) is 20.8 Å². The van der Waals surface area contributed by atoms with Crippen molar-refractivity contribution in [3.63, 3.8) is 0 Å². The molecule has 0 bridgehead atoms. The second-order valence-corrected chi connectivity index (χ2v) is 5.51. The molecule has 0 radical (unpaired) electrons. The molecule has 1 aliphatic rings. The minimum absolute atomic E-state index is 0.844. The topological polar surface area (TPSA) is 43.1 Å². The Kier molecular flexibility index (Phi) is 2.46. The maximum atomic E-state index is 4.79. The Morgan fingerprint density at radius 2 is 1.22 bits per heavy atom. The number of nitrogens with zero attached hydrogens (tertiary/aromatic N) is 4. The maximum Gasteiger partial charge on any atom is 0.115 e. The first-order valence-electron chi connectivity index (χ1n) is 7.50. The van der Waals surface area contributed by atoms with Gasteiger partial charge in [-0.3, -0.25) is 0 Å². The Hall–Kier alpha value is -3.27. The molecule has 1 aliphatic carbocycles. The number of benzene rings is 3. The molecule has 23 heavy (non-hydrogen) atoms. The van der Waals surface area contributed by atoms with Crippen LogP contribution in [0.2, 0.25) is 0 Å². The molecule has 0 N–H and O–H groups in total. The van der Waals surface area contributed by atoms with Gasteiger partial charge in [0.15, 0.2) is 0 Å². The van der Waals surface area contributed by atoms with E-state index in [4.69, 9.17) is 5.10 Å². The maximum absolute atomic E-state index is 4.79. The molecule has 4 nitrogen and oxygen atoms in total. The fourth-order valence-corrected chi connectivity index (χ4v) is 3.13. The SMILES string of the molecule is c1ccc2c(c1)C(=Nn1nnc3ccccc31)c1ccccc1-2. The molecule has 0 fully saturated rings. The van der Waals surface area contributed by atoms with Gasteiger partial charge >= 0.3 is 0 Å². The zero-order valence-electron chi connectivity index (χ0n) is 12.2. The van der Waals surface area contributed by atoms with Crippen molar-refractivity contribution in [2.24, 2.45) is 5.10 Å². The Morgan fingerprint density at radius 1 is 0.652 bits per heavy atom. The van der Waals surface area contributed by atoms with Gasteiger partial charge in [-0.15, -0.1) is 15.0 Å². The summed E-state index contributed by atoms with van der Waals surface area (Å²) < 4.78 is 0. The van der Waals surface area contributed by atoms with Crippen molar-refractivity contribution in [1.82, 2.24) is 15.1 Å². The van der Waals surface area contributed by atoms with Gasteiger partial charge in [0.1, 0.15) is 16.7 Å². The van der Waals surface area contributed by atoms with E-state index in [1.807, 2.05) is 36.4 Å². The van der Waals surface area contributed by atoms with Gasteiger partial charge in [0.05, 0.1) is 0 Å². The second-order valence-electron chi connectivity index (χ2n) is 5.51. The third kappa shape index (κ3) is 1.75. The van der Waals surface area contributed by atoms with Crippen LogP contribution in [0.4, 0.5) is 0 Å². The number of hydrogen-bond donors (Lipinski definition) is 0. The van der Waals surface area contributed by atoms with Gasteiger partial charge in [-0.05, 0) is 28.5 Å². The monoisotopic (exact) mass is 296 g/mol. The number of aromatic nitrogens is 3. The summed E-state index contributed by atoms with van der Waals surface area (Å²) in [6, 6.07) is 24.5. The molecule has 5 rings (SSSR count). The largest absolute Gasteiger partial charge is 0.148 e. The molecule has 4 aromatic rings. The average molecular weight is 296 g/mol. The van der Waals surface area contributed by atoms with Crippen LogP contribution < -0.4 is 0 Å². The Balaban J connectivity index is 1.80. The first-order chi connectivity index (χ1) is 11.4. The fraction of sp³-hybridized carbons (Fsp3) is 0. The number of fused-ring (bicyclic) bond motifs is 4. The minimum atomic E-state index is 0.844. The fourth-order valence-electron chi connectivity index (χ4n) is 3.13. The highest BCUT2D eigenvalue weighted by Crippen LogP contribution is 2.36. The van der Waals surface area contributed by atoms with Crippen LogP contribution in [0.25, 0.3) is 22.2 Å². The van der Waals surface area contributed by atoms with Crippen LogP contribution in [0.5, 0.6) is 0 Å². The van der Waals surface area contributed by atoms with Gasteiger partial charge in [-0.25, -0.2) is 0 Å². The van der Waals surface area contributed by atoms with Gasteiger partial charge in [0, 0.05) is 11.1 Å². The molecule has 0 atom stereocenters. The van der Waals surface area contributed by atoms with Crippen molar-refractivity contribution in [2.45, 2.75) is 0 Å². The third-order valence-electron chi connectivity index (χ3n) is 4.18. The van der Waals surface area contributed by atoms with Crippen LogP contribution in [0.1, 0.15) is 11.1 Å². The predicted octanol–water partition coefficient (Wildman–Crippen LogP) is 3.71. The highest BCUT2D eigenvalue weighted by molar-refractivity contribution is 6.24. The van der Waals surface area contributed by atoms with Gasteiger partial charge < -0.3 is 0 Å². The molecule has 0 saturated carbocycles. The summed E-state index contributed by atoms with van der Waals surface area (Å²) in [5.41, 5.74) is 7.38. The Labute approximate surface area is 132 Å². The third-order valence-corrected chi connectivity index (χ3v) is 4.18. The zero-order chi connectivity index (χ0) is 15.2. The lowest BCUT2D eigenvalue weighted by Gasteiger charge is -2.01. The molecule has 0 saturated heterocycles. The Bertz CT molecular complexity index is 1030. The number of hydrogen-bond acceptors (Lipinski definition) is 3. The zero-order valence-corrected chi connectivity index (χ0v) is 12.2. The lowest BCUT2D eigenvalue weighted by atomic mass is 10.1. The summed E-state index contributed by atoms with van der Waals surface area (Å²) in [4.78, 5) is 1.61. The van der Waals surface area contributed by atoms with Crippen LogP contribution in [0.3, 0.4) is 0 Å². The highest BCUT2D eigenvalue weighted by Gasteiger charge is 2.24. The standard InChI is InChI=1S/C19H12N4/c1-3-9-15-13(7-1)14-8-2-4-10-16(14)19(15)21-23-18-12-6-5-11-17(18)20-22-23/h1-12H. The summed E-state index contributed by atoms with van der Waals surface area (Å²) in [6.45, 7) is 0. The van der Waals surface area contributed by atoms with Crippen molar-refractivity contribution < 1.29 is 0 Å².